The number of nitrogens with one attached hydrogen (secondary N) is 1. The van der Waals surface area contributed by atoms with Crippen LogP contribution in [0.1, 0.15) is 26.2 Å². The van der Waals surface area contributed by atoms with Crippen LogP contribution >= 0.6 is 0 Å². The first-order chi connectivity index (χ1) is 12.5. The SMILES string of the molecule is CC[C@H](C(=O)Nc1ncccc1O)N1C(=O)[C@H]2[C@H](C1=O)[C@H]1C=C[C@H]2CC1. The van der Waals surface area contributed by atoms with Gasteiger partial charge in [0, 0.05) is 6.20 Å². The fourth-order valence-electron chi connectivity index (χ4n) is 4.58. The Balaban J connectivity index is 1.59. The third kappa shape index (κ3) is 2.41. The number of hydrogen-bond acceptors (Lipinski definition) is 5. The molecular weight excluding hydrogens is 334 g/mol. The molecule has 0 radical (unpaired) electrons. The number of carbonyl (C=O) groups is 3. The molecular formula is C19H21N3O4. The number of aromatic hydroxyl groups is 1. The van der Waals surface area contributed by atoms with Crippen LogP contribution in [0, 0.1) is 23.7 Å². The van der Waals surface area contributed by atoms with Gasteiger partial charge in [0.05, 0.1) is 11.8 Å². The van der Waals surface area contributed by atoms with Crippen LogP contribution in [0.3, 0.4) is 0 Å². The van der Waals surface area contributed by atoms with E-state index in [1.807, 2.05) is 0 Å². The Morgan fingerprint density at radius 1 is 1.27 bits per heavy atom. The van der Waals surface area contributed by atoms with Crippen molar-refractivity contribution in [3.8, 4) is 5.75 Å². The summed E-state index contributed by atoms with van der Waals surface area (Å²) in [6, 6.07) is 2.05. The first-order valence-electron chi connectivity index (χ1n) is 9.03. The minimum Gasteiger partial charge on any atom is -0.504 e. The van der Waals surface area contributed by atoms with Gasteiger partial charge in [-0.15, -0.1) is 0 Å². The average molecular weight is 355 g/mol. The van der Waals surface area contributed by atoms with Gasteiger partial charge >= 0.3 is 0 Å². The number of hydrogen-bond donors (Lipinski definition) is 2. The Hall–Kier alpha value is -2.70. The molecule has 7 heteroatoms. The number of amides is 3. The Labute approximate surface area is 151 Å². The highest BCUT2D eigenvalue weighted by atomic mass is 16.3. The summed E-state index contributed by atoms with van der Waals surface area (Å²) in [7, 11) is 0. The highest BCUT2D eigenvalue weighted by Crippen LogP contribution is 2.50. The molecule has 2 heterocycles. The summed E-state index contributed by atoms with van der Waals surface area (Å²) in [5, 5.41) is 12.3. The summed E-state index contributed by atoms with van der Waals surface area (Å²) in [6.45, 7) is 1.76. The second-order valence-electron chi connectivity index (χ2n) is 7.17. The predicted octanol–water partition coefficient (Wildman–Crippen LogP) is 1.70. The minimum atomic E-state index is -0.901. The van der Waals surface area contributed by atoms with Crippen molar-refractivity contribution in [2.24, 2.45) is 23.7 Å². The lowest BCUT2D eigenvalue weighted by Crippen LogP contribution is -2.47. The van der Waals surface area contributed by atoms with E-state index in [1.54, 1.807) is 13.0 Å². The maximum atomic E-state index is 13.0. The van der Waals surface area contributed by atoms with Crippen LogP contribution in [0.5, 0.6) is 5.75 Å². The molecule has 136 valence electrons. The molecule has 2 N–H and O–H groups in total. The van der Waals surface area contributed by atoms with Crippen molar-refractivity contribution in [3.63, 3.8) is 0 Å². The van der Waals surface area contributed by atoms with Gasteiger partial charge in [-0.3, -0.25) is 19.3 Å². The summed E-state index contributed by atoms with van der Waals surface area (Å²) in [5.74, 6) is -1.63. The second-order valence-corrected chi connectivity index (χ2v) is 7.17. The lowest BCUT2D eigenvalue weighted by Gasteiger charge is -2.38. The fourth-order valence-corrected chi connectivity index (χ4v) is 4.58. The summed E-state index contributed by atoms with van der Waals surface area (Å²) < 4.78 is 0. The standard InChI is InChI=1S/C19H21N3O4/c1-2-12(17(24)21-16-13(23)4-3-9-20-16)22-18(25)14-10-5-6-11(8-7-10)15(14)19(22)26/h3-6,9-12,14-15,23H,2,7-8H2,1H3,(H,20,21,24)/t10-,11-,12+,14+,15+/m0/s1. The Morgan fingerprint density at radius 3 is 2.38 bits per heavy atom. The number of likely N-dealkylation sites (tertiary alicyclic amines) is 1. The summed E-state index contributed by atoms with van der Waals surface area (Å²) in [4.78, 5) is 43.8. The molecule has 0 aromatic carbocycles. The summed E-state index contributed by atoms with van der Waals surface area (Å²) in [5.41, 5.74) is 0. The van der Waals surface area contributed by atoms with Crippen LogP contribution in [-0.4, -0.2) is 38.8 Å². The summed E-state index contributed by atoms with van der Waals surface area (Å²) >= 11 is 0. The molecule has 0 spiro atoms. The average Bonchev–Trinajstić information content (AvgIpc) is 2.93. The third-order valence-corrected chi connectivity index (χ3v) is 5.82. The molecule has 1 saturated carbocycles. The van der Waals surface area contributed by atoms with Crippen LogP contribution in [-0.2, 0) is 14.4 Å². The van der Waals surface area contributed by atoms with E-state index in [2.05, 4.69) is 22.5 Å². The molecule has 7 nitrogen and oxygen atoms in total. The molecule has 26 heavy (non-hydrogen) atoms. The van der Waals surface area contributed by atoms with E-state index in [4.69, 9.17) is 0 Å². The van der Waals surface area contributed by atoms with E-state index in [1.165, 1.54) is 12.3 Å². The number of rotatable bonds is 4. The van der Waals surface area contributed by atoms with Crippen LogP contribution in [0.15, 0.2) is 30.5 Å². The van der Waals surface area contributed by atoms with E-state index in [0.29, 0.717) is 6.42 Å². The molecule has 2 fully saturated rings. The van der Waals surface area contributed by atoms with E-state index in [9.17, 15) is 19.5 Å². The number of anilines is 1. The zero-order chi connectivity index (χ0) is 18.4. The second kappa shape index (κ2) is 6.23. The third-order valence-electron chi connectivity index (χ3n) is 5.82. The molecule has 3 amide bonds. The van der Waals surface area contributed by atoms with Gasteiger partial charge in [0.25, 0.3) is 0 Å². The van der Waals surface area contributed by atoms with Crippen molar-refractivity contribution < 1.29 is 19.5 Å². The maximum absolute atomic E-state index is 13.0. The normalized spacial score (nSPS) is 30.4. The van der Waals surface area contributed by atoms with Gasteiger partial charge in [-0.1, -0.05) is 19.1 Å². The highest BCUT2D eigenvalue weighted by Gasteiger charge is 2.58. The van der Waals surface area contributed by atoms with E-state index < -0.39 is 11.9 Å². The van der Waals surface area contributed by atoms with Crippen molar-refractivity contribution in [1.82, 2.24) is 9.88 Å². The molecule has 1 aliphatic heterocycles. The Kier molecular flexibility index (Phi) is 4.01. The molecule has 3 aliphatic carbocycles. The fraction of sp³-hybridized carbons (Fsp3) is 0.474. The number of pyridine rings is 1. The van der Waals surface area contributed by atoms with E-state index in [0.717, 1.165) is 17.7 Å². The minimum absolute atomic E-state index is 0.0224. The number of aromatic nitrogens is 1. The van der Waals surface area contributed by atoms with Gasteiger partial charge in [0.15, 0.2) is 11.6 Å². The number of nitrogens with zero attached hydrogens (tertiary/aromatic N) is 2. The zero-order valence-electron chi connectivity index (χ0n) is 14.5. The maximum Gasteiger partial charge on any atom is 0.248 e. The molecule has 4 aliphatic rings. The summed E-state index contributed by atoms with van der Waals surface area (Å²) in [6.07, 6.45) is 7.69. The molecule has 2 bridgehead atoms. The van der Waals surface area contributed by atoms with Crippen LogP contribution < -0.4 is 5.32 Å². The number of imide groups is 1. The first-order valence-corrected chi connectivity index (χ1v) is 9.03. The highest BCUT2D eigenvalue weighted by molar-refractivity contribution is 6.10. The van der Waals surface area contributed by atoms with Crippen molar-refractivity contribution in [3.05, 3.63) is 30.5 Å². The largest absolute Gasteiger partial charge is 0.504 e. The molecule has 1 aromatic heterocycles. The molecule has 5 atom stereocenters. The smallest absolute Gasteiger partial charge is 0.248 e. The zero-order valence-corrected chi connectivity index (χ0v) is 14.5. The van der Waals surface area contributed by atoms with Gasteiger partial charge in [-0.2, -0.15) is 0 Å². The lowest BCUT2D eigenvalue weighted by atomic mass is 9.63. The Bertz CT molecular complexity index is 774. The molecule has 1 aromatic rings. The van der Waals surface area contributed by atoms with Crippen LogP contribution in [0.4, 0.5) is 5.82 Å². The van der Waals surface area contributed by atoms with Gasteiger partial charge in [-0.25, -0.2) is 4.98 Å². The van der Waals surface area contributed by atoms with Gasteiger partial charge < -0.3 is 10.4 Å². The van der Waals surface area contributed by atoms with Crippen molar-refractivity contribution in [2.45, 2.75) is 32.2 Å². The molecule has 1 saturated heterocycles. The quantitative estimate of drug-likeness (QED) is 0.633. The van der Waals surface area contributed by atoms with E-state index in [-0.39, 0.29) is 47.1 Å². The van der Waals surface area contributed by atoms with Crippen LogP contribution in [0.25, 0.3) is 0 Å². The predicted molar refractivity (Wildman–Crippen MR) is 92.8 cm³/mol. The van der Waals surface area contributed by atoms with Crippen molar-refractivity contribution in [1.29, 1.82) is 0 Å². The van der Waals surface area contributed by atoms with Gasteiger partial charge in [0.2, 0.25) is 17.7 Å². The van der Waals surface area contributed by atoms with Crippen molar-refractivity contribution >= 4 is 23.5 Å². The van der Waals surface area contributed by atoms with Crippen molar-refractivity contribution in [2.75, 3.05) is 5.32 Å². The molecule has 5 rings (SSSR count). The molecule has 0 unspecified atom stereocenters. The topological polar surface area (TPSA) is 99.6 Å². The first kappa shape index (κ1) is 16.8. The lowest BCUT2D eigenvalue weighted by molar-refractivity contribution is -0.146. The number of fused-ring (bicyclic) bond motifs is 1. The number of carbonyl (C=O) groups excluding carboxylic acids is 3. The Morgan fingerprint density at radius 2 is 1.88 bits per heavy atom. The monoisotopic (exact) mass is 355 g/mol. The van der Waals surface area contributed by atoms with Crippen LogP contribution in [0.2, 0.25) is 0 Å². The van der Waals surface area contributed by atoms with Gasteiger partial charge in [-0.05, 0) is 43.2 Å². The van der Waals surface area contributed by atoms with E-state index >= 15 is 0 Å². The van der Waals surface area contributed by atoms with Gasteiger partial charge in [0.1, 0.15) is 6.04 Å². The number of allylic oxidation sites excluding steroid dienone is 2.